The zero-order valence-electron chi connectivity index (χ0n) is 10.5. The molecule has 0 unspecified atom stereocenters. The molecule has 0 saturated carbocycles. The van der Waals surface area contributed by atoms with E-state index in [-0.39, 0.29) is 12.5 Å². The highest BCUT2D eigenvalue weighted by molar-refractivity contribution is 6.04. The maximum absolute atomic E-state index is 11.9. The normalized spacial score (nSPS) is 10.2. The number of aliphatic hydroxyl groups is 1. The molecule has 2 aromatic rings. The first-order valence-electron chi connectivity index (χ1n) is 6.06. The number of nitrogens with one attached hydrogen (secondary N) is 1. The Morgan fingerprint density at radius 1 is 1.05 bits per heavy atom. The molecule has 98 valence electrons. The summed E-state index contributed by atoms with van der Waals surface area (Å²) in [5.41, 5.74) is 8.53. The third-order valence-corrected chi connectivity index (χ3v) is 2.79. The lowest BCUT2D eigenvalue weighted by Gasteiger charge is -2.06. The topological polar surface area (TPSA) is 75.4 Å². The first kappa shape index (κ1) is 13.1. The van der Waals surface area contributed by atoms with Crippen LogP contribution in [-0.2, 0) is 6.42 Å². The molecular weight excluding hydrogens is 240 g/mol. The van der Waals surface area contributed by atoms with Gasteiger partial charge in [0.1, 0.15) is 0 Å². The highest BCUT2D eigenvalue weighted by Crippen LogP contribution is 2.12. The molecule has 2 rings (SSSR count). The van der Waals surface area contributed by atoms with Gasteiger partial charge < -0.3 is 16.2 Å². The Kier molecular flexibility index (Phi) is 4.15. The molecule has 0 saturated heterocycles. The molecule has 0 aromatic heterocycles. The summed E-state index contributed by atoms with van der Waals surface area (Å²) < 4.78 is 0. The standard InChI is InChI=1S/C15H16N2O2/c16-13-5-3-12(4-6-13)15(19)17-14-7-1-11(2-8-14)9-10-18/h1-8,18H,9-10,16H2,(H,17,19). The zero-order chi connectivity index (χ0) is 13.7. The Morgan fingerprint density at radius 2 is 1.68 bits per heavy atom. The smallest absolute Gasteiger partial charge is 0.255 e. The van der Waals surface area contributed by atoms with Gasteiger partial charge in [0.05, 0.1) is 0 Å². The Labute approximate surface area is 111 Å². The molecule has 0 spiro atoms. The number of carbonyl (C=O) groups excluding carboxylic acids is 1. The molecule has 0 aliphatic heterocycles. The summed E-state index contributed by atoms with van der Waals surface area (Å²) in [4.78, 5) is 11.9. The number of hydrogen-bond donors (Lipinski definition) is 3. The molecule has 0 heterocycles. The van der Waals surface area contributed by atoms with E-state index in [9.17, 15) is 4.79 Å². The predicted molar refractivity (Wildman–Crippen MR) is 76.0 cm³/mol. The quantitative estimate of drug-likeness (QED) is 0.733. The van der Waals surface area contributed by atoms with Gasteiger partial charge in [-0.05, 0) is 48.4 Å². The van der Waals surface area contributed by atoms with E-state index < -0.39 is 0 Å². The van der Waals surface area contributed by atoms with Gasteiger partial charge in [-0.1, -0.05) is 12.1 Å². The highest BCUT2D eigenvalue weighted by Gasteiger charge is 2.05. The number of aliphatic hydroxyl groups excluding tert-OH is 1. The van der Waals surface area contributed by atoms with Crippen molar-refractivity contribution in [2.45, 2.75) is 6.42 Å². The Balaban J connectivity index is 2.04. The van der Waals surface area contributed by atoms with Crippen molar-refractivity contribution < 1.29 is 9.90 Å². The second-order valence-corrected chi connectivity index (χ2v) is 4.25. The van der Waals surface area contributed by atoms with Crippen molar-refractivity contribution in [2.24, 2.45) is 0 Å². The third kappa shape index (κ3) is 3.56. The number of nitrogens with two attached hydrogens (primary N) is 1. The molecule has 0 bridgehead atoms. The van der Waals surface area contributed by atoms with Gasteiger partial charge in [0.2, 0.25) is 0 Å². The van der Waals surface area contributed by atoms with Crippen LogP contribution in [0.3, 0.4) is 0 Å². The first-order chi connectivity index (χ1) is 9.19. The van der Waals surface area contributed by atoms with Crippen LogP contribution in [0.25, 0.3) is 0 Å². The minimum absolute atomic E-state index is 0.122. The van der Waals surface area contributed by atoms with Crippen LogP contribution in [0.1, 0.15) is 15.9 Å². The minimum atomic E-state index is -0.171. The maximum atomic E-state index is 11.9. The van der Waals surface area contributed by atoms with Gasteiger partial charge >= 0.3 is 0 Å². The van der Waals surface area contributed by atoms with E-state index >= 15 is 0 Å². The fourth-order valence-corrected chi connectivity index (χ4v) is 1.72. The number of rotatable bonds is 4. The van der Waals surface area contributed by atoms with E-state index in [0.29, 0.717) is 17.7 Å². The van der Waals surface area contributed by atoms with E-state index in [1.165, 1.54) is 0 Å². The van der Waals surface area contributed by atoms with Crippen LogP contribution in [0.4, 0.5) is 11.4 Å². The van der Waals surface area contributed by atoms with Gasteiger partial charge in [-0.25, -0.2) is 0 Å². The van der Waals surface area contributed by atoms with Crippen LogP contribution in [0.15, 0.2) is 48.5 Å². The second-order valence-electron chi connectivity index (χ2n) is 4.25. The van der Waals surface area contributed by atoms with E-state index in [1.807, 2.05) is 24.3 Å². The van der Waals surface area contributed by atoms with Gasteiger partial charge in [-0.3, -0.25) is 4.79 Å². The van der Waals surface area contributed by atoms with Crippen LogP contribution < -0.4 is 11.1 Å². The zero-order valence-corrected chi connectivity index (χ0v) is 10.5. The van der Waals surface area contributed by atoms with Crippen molar-refractivity contribution >= 4 is 17.3 Å². The van der Waals surface area contributed by atoms with Crippen molar-refractivity contribution in [1.82, 2.24) is 0 Å². The van der Waals surface area contributed by atoms with E-state index in [2.05, 4.69) is 5.32 Å². The molecule has 4 nitrogen and oxygen atoms in total. The molecule has 2 aromatic carbocycles. The lowest BCUT2D eigenvalue weighted by atomic mass is 10.1. The van der Waals surface area contributed by atoms with E-state index in [1.54, 1.807) is 24.3 Å². The van der Waals surface area contributed by atoms with Crippen LogP contribution in [-0.4, -0.2) is 17.6 Å². The fraction of sp³-hybridized carbons (Fsp3) is 0.133. The first-order valence-corrected chi connectivity index (χ1v) is 6.06. The summed E-state index contributed by atoms with van der Waals surface area (Å²) in [6.45, 7) is 0.122. The number of amides is 1. The van der Waals surface area contributed by atoms with Crippen molar-refractivity contribution in [3.8, 4) is 0 Å². The van der Waals surface area contributed by atoms with Gasteiger partial charge in [-0.2, -0.15) is 0 Å². The average molecular weight is 256 g/mol. The molecule has 0 radical (unpaired) electrons. The van der Waals surface area contributed by atoms with Gasteiger partial charge in [0.25, 0.3) is 5.91 Å². The summed E-state index contributed by atoms with van der Waals surface area (Å²) in [6, 6.07) is 14.2. The highest BCUT2D eigenvalue weighted by atomic mass is 16.2. The van der Waals surface area contributed by atoms with E-state index in [0.717, 1.165) is 11.3 Å². The van der Waals surface area contributed by atoms with Crippen LogP contribution >= 0.6 is 0 Å². The minimum Gasteiger partial charge on any atom is -0.399 e. The number of nitrogen functional groups attached to an aromatic ring is 1. The largest absolute Gasteiger partial charge is 0.399 e. The van der Waals surface area contributed by atoms with Gasteiger partial charge in [0, 0.05) is 23.5 Å². The van der Waals surface area contributed by atoms with Gasteiger partial charge in [0.15, 0.2) is 0 Å². The maximum Gasteiger partial charge on any atom is 0.255 e. The number of carbonyl (C=O) groups is 1. The van der Waals surface area contributed by atoms with Gasteiger partial charge in [-0.15, -0.1) is 0 Å². The fourth-order valence-electron chi connectivity index (χ4n) is 1.72. The van der Waals surface area contributed by atoms with Crippen molar-refractivity contribution in [1.29, 1.82) is 0 Å². The predicted octanol–water partition coefficient (Wildman–Crippen LogP) is 2.06. The van der Waals surface area contributed by atoms with Crippen molar-refractivity contribution in [3.63, 3.8) is 0 Å². The summed E-state index contributed by atoms with van der Waals surface area (Å²) in [5.74, 6) is -0.171. The molecule has 19 heavy (non-hydrogen) atoms. The third-order valence-electron chi connectivity index (χ3n) is 2.79. The molecule has 0 aliphatic rings. The summed E-state index contributed by atoms with van der Waals surface area (Å²) in [5, 5.41) is 11.6. The van der Waals surface area contributed by atoms with Crippen molar-refractivity contribution in [2.75, 3.05) is 17.7 Å². The Morgan fingerprint density at radius 3 is 2.26 bits per heavy atom. The molecule has 4 N–H and O–H groups in total. The molecule has 4 heteroatoms. The lowest BCUT2D eigenvalue weighted by Crippen LogP contribution is -2.11. The molecule has 0 atom stereocenters. The second kappa shape index (κ2) is 6.02. The number of anilines is 2. The Bertz CT molecular complexity index is 547. The summed E-state index contributed by atoms with van der Waals surface area (Å²) in [7, 11) is 0. The Hall–Kier alpha value is -2.33. The van der Waals surface area contributed by atoms with Crippen molar-refractivity contribution in [3.05, 3.63) is 59.7 Å². The van der Waals surface area contributed by atoms with E-state index in [4.69, 9.17) is 10.8 Å². The monoisotopic (exact) mass is 256 g/mol. The summed E-state index contributed by atoms with van der Waals surface area (Å²) in [6.07, 6.45) is 0.617. The molecular formula is C15H16N2O2. The van der Waals surface area contributed by atoms with Crippen LogP contribution in [0, 0.1) is 0 Å². The van der Waals surface area contributed by atoms with Crippen LogP contribution in [0.5, 0.6) is 0 Å². The SMILES string of the molecule is Nc1ccc(C(=O)Nc2ccc(CCO)cc2)cc1. The average Bonchev–Trinajstić information content (AvgIpc) is 2.42. The van der Waals surface area contributed by atoms with Crippen LogP contribution in [0.2, 0.25) is 0 Å². The summed E-state index contributed by atoms with van der Waals surface area (Å²) >= 11 is 0. The number of benzene rings is 2. The molecule has 0 aliphatic carbocycles. The molecule has 1 amide bonds. The lowest BCUT2D eigenvalue weighted by molar-refractivity contribution is 0.102. The number of hydrogen-bond acceptors (Lipinski definition) is 3. The molecule has 0 fully saturated rings.